The van der Waals surface area contributed by atoms with Gasteiger partial charge in [0.1, 0.15) is 23.2 Å². The Labute approximate surface area is 822 Å². The Morgan fingerprint density at radius 3 is 0.791 bits per heavy atom. The smallest absolute Gasteiger partial charge is 0.337 e. The number of methoxy groups -OCH3 is 3. The van der Waals surface area contributed by atoms with E-state index in [1.54, 1.807) is 124 Å². The molecule has 17 aromatic rings. The maximum atomic E-state index is 12.1. The number of esters is 3. The second-order valence-corrected chi connectivity index (χ2v) is 39.4. The molecule has 0 saturated carbocycles. The number of carbonyl (C=O) groups excluding carboxylic acids is 4. The standard InChI is InChI=1S/C27H24O2P.C18H15P.C14H12O2S.3C13H10O2S.C9H9BrO2.C5H4OS.BrH/c1-29-27(28)23-13-11-12-22(20-23)21-30(24-14-5-2-6-15-24,25-16-7-3-8-17-25)26-18-9-4-10-19-26;1-4-10-16(11-5-1)19(17-12-6-2-7-13-17)18-14-8-3-9-15-18;1-16-14(15)12-5-2-4-11(10-12)7-8-13-6-3-9-17-13;3*14-13(15)11-4-1-3-10(9-11)6-7-12-5-2-8-16-12;1-12-9(11)8-4-2-3-7(5-8)6-10;6-4-5-2-1-3-7-5;/h2-20H,21H2,1H3;1-15H;2-10H,1H3;3*1-9H,(H,14,15);2-5H,6H2,1H3;1-4H;1H/q+1;;;;;;;;/p-1/b;;8-7+;2*7-6+;7-6-;;;. The van der Waals surface area contributed by atoms with Crippen LogP contribution in [0.25, 0.3) is 48.6 Å². The van der Waals surface area contributed by atoms with Crippen molar-refractivity contribution in [3.8, 4) is 0 Å². The maximum Gasteiger partial charge on any atom is 0.337 e. The van der Waals surface area contributed by atoms with Crippen molar-refractivity contribution in [2.75, 3.05) is 21.3 Å². The summed E-state index contributed by atoms with van der Waals surface area (Å²) >= 11 is 11.4. The van der Waals surface area contributed by atoms with Gasteiger partial charge >= 0.3 is 35.8 Å². The molecule has 5 aromatic heterocycles. The second kappa shape index (κ2) is 57.7. The molecule has 0 fully saturated rings. The molecule has 0 aliphatic carbocycles. The molecule has 0 amide bonds. The number of halogens is 2. The summed E-state index contributed by atoms with van der Waals surface area (Å²) in [7, 11) is 1.75. The van der Waals surface area contributed by atoms with Crippen molar-refractivity contribution in [3.05, 3.63) is 506 Å². The average Bonchev–Trinajstić information content (AvgIpc) is 1.04. The topological polar surface area (TPSA) is 208 Å². The van der Waals surface area contributed by atoms with Gasteiger partial charge in [-0.3, -0.25) is 4.79 Å². The van der Waals surface area contributed by atoms with Crippen molar-refractivity contribution in [2.45, 2.75) is 11.5 Å². The van der Waals surface area contributed by atoms with Gasteiger partial charge in [0, 0.05) is 24.8 Å². The van der Waals surface area contributed by atoms with Gasteiger partial charge < -0.3 is 46.5 Å². The van der Waals surface area contributed by atoms with E-state index in [-0.39, 0.29) is 34.9 Å². The molecule has 0 bridgehead atoms. The maximum absolute atomic E-state index is 12.1. The van der Waals surface area contributed by atoms with Gasteiger partial charge in [-0.25, -0.2) is 28.8 Å². The van der Waals surface area contributed by atoms with Crippen molar-refractivity contribution in [2.24, 2.45) is 0 Å². The fraction of sp³-hybridized carbons (Fsp3) is 0.0446. The van der Waals surface area contributed by atoms with Crippen LogP contribution in [0.15, 0.2) is 415 Å². The van der Waals surface area contributed by atoms with E-state index in [1.807, 2.05) is 197 Å². The van der Waals surface area contributed by atoms with Crippen molar-refractivity contribution in [1.29, 1.82) is 0 Å². The monoisotopic (exact) mass is 2030 g/mol. The van der Waals surface area contributed by atoms with Gasteiger partial charge in [0.15, 0.2) is 6.29 Å². The van der Waals surface area contributed by atoms with Crippen LogP contribution in [0.2, 0.25) is 0 Å². The summed E-state index contributed by atoms with van der Waals surface area (Å²) in [6.07, 6.45) is 17.4. The summed E-state index contributed by atoms with van der Waals surface area (Å²) in [5.74, 6) is -3.60. The van der Waals surface area contributed by atoms with Crippen LogP contribution in [0.5, 0.6) is 0 Å². The van der Waals surface area contributed by atoms with E-state index in [0.717, 1.165) is 70.7 Å². The number of aldehydes is 1. The fourth-order valence-corrected chi connectivity index (χ4v) is 22.7. The van der Waals surface area contributed by atoms with Crippen LogP contribution >= 0.6 is 87.8 Å². The fourth-order valence-electron chi connectivity index (χ4n) is 12.9. The van der Waals surface area contributed by atoms with Crippen molar-refractivity contribution < 1.29 is 80.1 Å². The summed E-state index contributed by atoms with van der Waals surface area (Å²) in [6, 6.07) is 127. The number of aromatic carboxylic acids is 3. The van der Waals surface area contributed by atoms with Crippen LogP contribution in [0, 0.1) is 0 Å². The number of thiophene rings is 5. The summed E-state index contributed by atoms with van der Waals surface area (Å²) in [5, 5.41) is 45.4. The zero-order chi connectivity index (χ0) is 94.0. The van der Waals surface area contributed by atoms with Crippen LogP contribution in [0.3, 0.4) is 0 Å². The number of carbonyl (C=O) groups is 7. The minimum atomic E-state index is -1.99. The lowest BCUT2D eigenvalue weighted by molar-refractivity contribution is -0.000110. The van der Waals surface area contributed by atoms with E-state index in [4.69, 9.17) is 20.1 Å². The number of hydrogen-bond donors (Lipinski definition) is 3. The first kappa shape index (κ1) is 104. The highest BCUT2D eigenvalue weighted by atomic mass is 79.9. The predicted octanol–water partition coefficient (Wildman–Crippen LogP) is 23.9. The van der Waals surface area contributed by atoms with Crippen LogP contribution in [-0.4, -0.2) is 78.8 Å². The third kappa shape index (κ3) is 34.2. The first-order valence-corrected chi connectivity index (χ1v) is 50.2. The molecule has 0 unspecified atom stereocenters. The highest BCUT2D eigenvalue weighted by molar-refractivity contribution is 9.08. The lowest BCUT2D eigenvalue weighted by Gasteiger charge is -2.28. The summed E-state index contributed by atoms with van der Waals surface area (Å²) in [6.45, 7) is 0. The molecule has 0 aliphatic rings. The van der Waals surface area contributed by atoms with Crippen LogP contribution in [0.1, 0.15) is 125 Å². The number of alkyl halides is 1. The Balaban J connectivity index is 0.000000176. The Morgan fingerprint density at radius 2 is 0.537 bits per heavy atom. The minimum absolute atomic E-state index is 0. The molecular formula is C112H94Br2O13P2S5. The lowest BCUT2D eigenvalue weighted by atomic mass is 10.1. The molecule has 0 aliphatic heterocycles. The quantitative estimate of drug-likeness (QED) is 0.0169. The van der Waals surface area contributed by atoms with Crippen molar-refractivity contribution in [1.82, 2.24) is 0 Å². The molecule has 5 heterocycles. The Kier molecular flexibility index (Phi) is 44.8. The number of carboxylic acids is 3. The Hall–Kier alpha value is -13.6. The number of benzene rings is 12. The molecule has 0 spiro atoms. The number of hydrogen-bond acceptors (Lipinski definition) is 15. The highest BCUT2D eigenvalue weighted by Crippen LogP contribution is 2.58. The van der Waals surface area contributed by atoms with Crippen LogP contribution < -0.4 is 48.8 Å². The minimum Gasteiger partial charge on any atom is -1.00 e. The van der Waals surface area contributed by atoms with Gasteiger partial charge in [0.25, 0.3) is 0 Å². The molecule has 17 rings (SSSR count). The number of carboxylic acid groups (broad SMARTS) is 3. The van der Waals surface area contributed by atoms with Crippen molar-refractivity contribution >= 4 is 210 Å². The second-order valence-electron chi connectivity index (χ2n) is 28.3. The lowest BCUT2D eigenvalue weighted by Crippen LogP contribution is -3.00. The Bertz CT molecular complexity index is 6100. The Morgan fingerprint density at radius 1 is 0.291 bits per heavy atom. The molecule has 0 atom stereocenters. The van der Waals surface area contributed by atoms with Crippen LogP contribution in [-0.2, 0) is 25.7 Å². The first-order valence-electron chi connectivity index (χ1n) is 41.4. The third-order valence-corrected chi connectivity index (χ3v) is 30.8. The average molecular weight is 2030 g/mol. The van der Waals surface area contributed by atoms with Gasteiger partial charge in [0.2, 0.25) is 0 Å². The summed E-state index contributed by atoms with van der Waals surface area (Å²) < 4.78 is 14.2. The summed E-state index contributed by atoms with van der Waals surface area (Å²) in [4.78, 5) is 82.1. The molecule has 12 aromatic carbocycles. The van der Waals surface area contributed by atoms with E-state index in [9.17, 15) is 33.6 Å². The van der Waals surface area contributed by atoms with Gasteiger partial charge in [0.05, 0.1) is 65.7 Å². The molecule has 674 valence electrons. The van der Waals surface area contributed by atoms with E-state index >= 15 is 0 Å². The van der Waals surface area contributed by atoms with Gasteiger partial charge in [-0.05, 0) is 248 Å². The van der Waals surface area contributed by atoms with Crippen molar-refractivity contribution in [3.63, 3.8) is 0 Å². The van der Waals surface area contributed by atoms with Gasteiger partial charge in [-0.1, -0.05) is 289 Å². The van der Waals surface area contributed by atoms with E-state index in [1.165, 1.54) is 69.4 Å². The van der Waals surface area contributed by atoms with E-state index in [2.05, 4.69) is 213 Å². The first-order chi connectivity index (χ1) is 64.9. The highest BCUT2D eigenvalue weighted by Gasteiger charge is 2.45. The molecular weight excluding hydrogens is 1940 g/mol. The molecule has 3 N–H and O–H groups in total. The van der Waals surface area contributed by atoms with Gasteiger partial charge in [-0.2, -0.15) is 0 Å². The molecule has 0 saturated heterocycles. The zero-order valence-electron chi connectivity index (χ0n) is 73.1. The molecule has 22 heteroatoms. The van der Waals surface area contributed by atoms with E-state index < -0.39 is 33.1 Å². The molecule has 134 heavy (non-hydrogen) atoms. The number of rotatable bonds is 24. The number of ether oxygens (including phenoxy) is 3. The van der Waals surface area contributed by atoms with Gasteiger partial charge in [-0.15, -0.1) is 56.7 Å². The zero-order valence-corrected chi connectivity index (χ0v) is 82.1. The largest absolute Gasteiger partial charge is 1.00 e. The normalized spacial score (nSPS) is 10.5. The summed E-state index contributed by atoms with van der Waals surface area (Å²) in [5.41, 5.74) is 8.56. The molecule has 0 radical (unpaired) electrons. The van der Waals surface area contributed by atoms with Crippen LogP contribution in [0.4, 0.5) is 0 Å². The third-order valence-electron chi connectivity index (χ3n) is 19.2. The predicted molar refractivity (Wildman–Crippen MR) is 563 cm³/mol. The van der Waals surface area contributed by atoms with E-state index in [0.29, 0.717) is 33.4 Å². The molecule has 13 nitrogen and oxygen atoms in total. The SMILES string of the molecule is COC(=O)c1cccc(/C=C/c2cccs2)c1.COC(=O)c1cccc(CBr)c1.COC(=O)c1cccc(C[P+](c2ccccc2)(c2ccccc2)c2ccccc2)c1.O=C(O)c1cccc(/C=C/c2cccs2)c1.O=C(O)c1cccc(/C=C/c2cccs2)c1.O=C(O)c1cccc(/C=C\c2cccs2)c1.O=Cc1cccs1.[Br-].c1ccc(P(c2ccccc2)c2ccccc2)cc1.